The topological polar surface area (TPSA) is 56.3 Å². The third kappa shape index (κ3) is 3.87. The second kappa shape index (κ2) is 7.24. The number of furan rings is 1. The van der Waals surface area contributed by atoms with Crippen LogP contribution in [0, 0.1) is 10.1 Å². The molecule has 2 aromatic carbocycles. The fourth-order valence-electron chi connectivity index (χ4n) is 2.24. The molecular weight excluding hydrogens is 302 g/mol. The van der Waals surface area contributed by atoms with Crippen LogP contribution in [0.5, 0.6) is 0 Å². The zero-order valence-corrected chi connectivity index (χ0v) is 12.8. The standard InChI is InChI=1S/C20H15NO3/c22-21(23)19-15-18(13-11-16-7-3-1-4-8-16)24-20(19)14-12-17-9-5-2-6-10-17/h1-15H. The first kappa shape index (κ1) is 15.5. The van der Waals surface area contributed by atoms with Gasteiger partial charge in [0.25, 0.3) is 0 Å². The summed E-state index contributed by atoms with van der Waals surface area (Å²) in [5, 5.41) is 11.2. The van der Waals surface area contributed by atoms with Crippen LogP contribution in [-0.4, -0.2) is 4.92 Å². The lowest BCUT2D eigenvalue weighted by Gasteiger charge is -1.91. The summed E-state index contributed by atoms with van der Waals surface area (Å²) in [6, 6.07) is 20.7. The average molecular weight is 317 g/mol. The highest BCUT2D eigenvalue weighted by Crippen LogP contribution is 2.26. The molecule has 0 amide bonds. The maximum absolute atomic E-state index is 11.2. The molecule has 0 atom stereocenters. The Morgan fingerprint density at radius 2 is 1.33 bits per heavy atom. The number of rotatable bonds is 5. The fraction of sp³-hybridized carbons (Fsp3) is 0. The van der Waals surface area contributed by atoms with Crippen LogP contribution in [-0.2, 0) is 0 Å². The minimum Gasteiger partial charge on any atom is -0.450 e. The van der Waals surface area contributed by atoms with E-state index in [9.17, 15) is 10.1 Å². The van der Waals surface area contributed by atoms with Crippen molar-refractivity contribution in [1.82, 2.24) is 0 Å². The SMILES string of the molecule is O=[N+]([O-])c1cc(C=Cc2ccccc2)oc1C=Cc1ccccc1. The highest BCUT2D eigenvalue weighted by atomic mass is 16.6. The Morgan fingerprint density at radius 3 is 1.88 bits per heavy atom. The smallest absolute Gasteiger partial charge is 0.315 e. The zero-order valence-electron chi connectivity index (χ0n) is 12.8. The van der Waals surface area contributed by atoms with Crippen molar-refractivity contribution < 1.29 is 9.34 Å². The molecule has 3 aromatic rings. The third-order valence-corrected chi connectivity index (χ3v) is 3.42. The average Bonchev–Trinajstić information content (AvgIpc) is 3.04. The second-order valence-corrected chi connectivity index (χ2v) is 5.14. The van der Waals surface area contributed by atoms with E-state index in [2.05, 4.69) is 0 Å². The van der Waals surface area contributed by atoms with Gasteiger partial charge in [0, 0.05) is 0 Å². The van der Waals surface area contributed by atoms with Gasteiger partial charge in [-0.2, -0.15) is 0 Å². The molecular formula is C20H15NO3. The van der Waals surface area contributed by atoms with E-state index < -0.39 is 4.92 Å². The number of nitro groups is 1. The van der Waals surface area contributed by atoms with E-state index in [1.54, 1.807) is 18.2 Å². The molecule has 4 nitrogen and oxygen atoms in total. The molecule has 0 bridgehead atoms. The lowest BCUT2D eigenvalue weighted by molar-refractivity contribution is -0.385. The molecule has 0 N–H and O–H groups in total. The van der Waals surface area contributed by atoms with Crippen molar-refractivity contribution in [2.24, 2.45) is 0 Å². The zero-order chi connectivity index (χ0) is 16.8. The van der Waals surface area contributed by atoms with Crippen LogP contribution in [0.25, 0.3) is 24.3 Å². The molecule has 118 valence electrons. The second-order valence-electron chi connectivity index (χ2n) is 5.14. The van der Waals surface area contributed by atoms with E-state index in [-0.39, 0.29) is 11.4 Å². The summed E-state index contributed by atoms with van der Waals surface area (Å²) in [4.78, 5) is 10.8. The Morgan fingerprint density at radius 1 is 0.792 bits per heavy atom. The summed E-state index contributed by atoms with van der Waals surface area (Å²) in [7, 11) is 0. The Balaban J connectivity index is 1.87. The van der Waals surface area contributed by atoms with Crippen molar-refractivity contribution in [3.05, 3.63) is 99.5 Å². The predicted molar refractivity (Wildman–Crippen MR) is 96.1 cm³/mol. The molecule has 1 aromatic heterocycles. The summed E-state index contributed by atoms with van der Waals surface area (Å²) in [6.45, 7) is 0. The van der Waals surface area contributed by atoms with Crippen LogP contribution in [0.2, 0.25) is 0 Å². The van der Waals surface area contributed by atoms with Crippen LogP contribution in [0.15, 0.2) is 71.1 Å². The maximum atomic E-state index is 11.2. The van der Waals surface area contributed by atoms with Crippen molar-refractivity contribution in [3.63, 3.8) is 0 Å². The van der Waals surface area contributed by atoms with Crippen LogP contribution in [0.1, 0.15) is 22.6 Å². The van der Waals surface area contributed by atoms with E-state index in [0.29, 0.717) is 5.76 Å². The highest BCUT2D eigenvalue weighted by Gasteiger charge is 2.17. The number of nitrogens with zero attached hydrogens (tertiary/aromatic N) is 1. The van der Waals surface area contributed by atoms with E-state index in [0.717, 1.165) is 11.1 Å². The molecule has 24 heavy (non-hydrogen) atoms. The highest BCUT2D eigenvalue weighted by molar-refractivity contribution is 5.74. The first-order valence-corrected chi connectivity index (χ1v) is 7.47. The van der Waals surface area contributed by atoms with Gasteiger partial charge in [-0.1, -0.05) is 72.8 Å². The molecule has 0 saturated carbocycles. The molecule has 0 unspecified atom stereocenters. The van der Waals surface area contributed by atoms with E-state index in [4.69, 9.17) is 4.42 Å². The van der Waals surface area contributed by atoms with Gasteiger partial charge < -0.3 is 4.42 Å². The monoisotopic (exact) mass is 317 g/mol. The normalized spacial score (nSPS) is 11.3. The minimum absolute atomic E-state index is 0.0464. The summed E-state index contributed by atoms with van der Waals surface area (Å²) >= 11 is 0. The Labute approximate surface area is 139 Å². The largest absolute Gasteiger partial charge is 0.450 e. The summed E-state index contributed by atoms with van der Waals surface area (Å²) in [6.07, 6.45) is 6.99. The van der Waals surface area contributed by atoms with Gasteiger partial charge >= 0.3 is 5.69 Å². The fourth-order valence-corrected chi connectivity index (χ4v) is 2.24. The Hall–Kier alpha value is -3.40. The first-order chi connectivity index (χ1) is 11.7. The molecule has 0 spiro atoms. The molecule has 3 rings (SSSR count). The van der Waals surface area contributed by atoms with Gasteiger partial charge in [-0.05, 0) is 23.3 Å². The number of benzene rings is 2. The van der Waals surface area contributed by atoms with Gasteiger partial charge in [-0.15, -0.1) is 0 Å². The van der Waals surface area contributed by atoms with Crippen molar-refractivity contribution in [3.8, 4) is 0 Å². The van der Waals surface area contributed by atoms with E-state index in [1.165, 1.54) is 6.07 Å². The van der Waals surface area contributed by atoms with Crippen molar-refractivity contribution >= 4 is 30.0 Å². The van der Waals surface area contributed by atoms with Gasteiger partial charge in [0.15, 0.2) is 0 Å². The maximum Gasteiger partial charge on any atom is 0.315 e. The molecule has 0 radical (unpaired) electrons. The van der Waals surface area contributed by atoms with Gasteiger partial charge in [-0.25, -0.2) is 0 Å². The summed E-state index contributed by atoms with van der Waals surface area (Å²) in [5.41, 5.74) is 1.90. The lowest BCUT2D eigenvalue weighted by atomic mass is 10.2. The van der Waals surface area contributed by atoms with Gasteiger partial charge in [0.05, 0.1) is 11.0 Å². The van der Waals surface area contributed by atoms with E-state index in [1.807, 2.05) is 66.7 Å². The predicted octanol–water partition coefficient (Wildman–Crippen LogP) is 5.53. The summed E-state index contributed by atoms with van der Waals surface area (Å²) in [5.74, 6) is 0.676. The Bertz CT molecular complexity index is 878. The van der Waals surface area contributed by atoms with Gasteiger partial charge in [0.2, 0.25) is 5.76 Å². The summed E-state index contributed by atoms with van der Waals surface area (Å²) < 4.78 is 5.60. The quantitative estimate of drug-likeness (QED) is 0.459. The van der Waals surface area contributed by atoms with Crippen LogP contribution in [0.3, 0.4) is 0 Å². The number of hydrogen-bond acceptors (Lipinski definition) is 3. The van der Waals surface area contributed by atoms with Crippen LogP contribution in [0.4, 0.5) is 5.69 Å². The third-order valence-electron chi connectivity index (χ3n) is 3.42. The molecule has 0 aliphatic rings. The Kier molecular flexibility index (Phi) is 4.68. The van der Waals surface area contributed by atoms with Gasteiger partial charge in [0.1, 0.15) is 5.76 Å². The lowest BCUT2D eigenvalue weighted by Crippen LogP contribution is -1.86. The van der Waals surface area contributed by atoms with Crippen LogP contribution >= 0.6 is 0 Å². The molecule has 0 aliphatic carbocycles. The molecule has 1 heterocycles. The molecule has 0 aliphatic heterocycles. The van der Waals surface area contributed by atoms with Gasteiger partial charge in [-0.3, -0.25) is 10.1 Å². The number of hydrogen-bond donors (Lipinski definition) is 0. The molecule has 0 saturated heterocycles. The van der Waals surface area contributed by atoms with Crippen molar-refractivity contribution in [2.45, 2.75) is 0 Å². The van der Waals surface area contributed by atoms with Crippen LogP contribution < -0.4 is 0 Å². The molecule has 0 fully saturated rings. The molecule has 4 heteroatoms. The van der Waals surface area contributed by atoms with E-state index >= 15 is 0 Å². The minimum atomic E-state index is -0.436. The first-order valence-electron chi connectivity index (χ1n) is 7.47. The van der Waals surface area contributed by atoms with Crippen molar-refractivity contribution in [1.29, 1.82) is 0 Å². The van der Waals surface area contributed by atoms with Crippen molar-refractivity contribution in [2.75, 3.05) is 0 Å².